The van der Waals surface area contributed by atoms with E-state index in [9.17, 15) is 37.3 Å². The molecule has 11 nitrogen and oxygen atoms in total. The first-order chi connectivity index (χ1) is 18.4. The van der Waals surface area contributed by atoms with Crippen LogP contribution in [0.2, 0.25) is 0 Å². The molecule has 4 rings (SSSR count). The summed E-state index contributed by atoms with van der Waals surface area (Å²) in [7, 11) is -4.37. The molecule has 1 heterocycles. The maximum absolute atomic E-state index is 13.0. The molecule has 3 amide bonds. The molecule has 0 radical (unpaired) electrons. The molecule has 1 fully saturated rings. The van der Waals surface area contributed by atoms with Crippen LogP contribution in [-0.4, -0.2) is 41.8 Å². The topological polar surface area (TPSA) is 153 Å². The Morgan fingerprint density at radius 1 is 1.10 bits per heavy atom. The largest absolute Gasteiger partial charge is 0.379 e. The van der Waals surface area contributed by atoms with Gasteiger partial charge in [-0.05, 0) is 72.8 Å². The van der Waals surface area contributed by atoms with E-state index in [0.717, 1.165) is 23.1 Å². The van der Waals surface area contributed by atoms with Crippen molar-refractivity contribution < 1.29 is 36.3 Å². The van der Waals surface area contributed by atoms with Gasteiger partial charge in [-0.25, -0.2) is 4.39 Å². The third-order valence-electron chi connectivity index (χ3n) is 5.35. The van der Waals surface area contributed by atoms with E-state index >= 15 is 0 Å². The fourth-order valence-corrected chi connectivity index (χ4v) is 5.19. The van der Waals surface area contributed by atoms with E-state index in [-0.39, 0.29) is 21.2 Å². The van der Waals surface area contributed by atoms with Crippen molar-refractivity contribution >= 4 is 56.4 Å². The lowest BCUT2D eigenvalue weighted by atomic mass is 10.2. The summed E-state index contributed by atoms with van der Waals surface area (Å²) in [5, 5.41) is 12.9. The van der Waals surface area contributed by atoms with Gasteiger partial charge in [0.2, 0.25) is 5.91 Å². The Balaban J connectivity index is 1.42. The second kappa shape index (κ2) is 11.0. The molecule has 3 aromatic carbocycles. The van der Waals surface area contributed by atoms with Gasteiger partial charge in [0.15, 0.2) is 0 Å². The summed E-state index contributed by atoms with van der Waals surface area (Å²) in [4.78, 5) is 48.1. The number of benzene rings is 3. The molecule has 0 atom stereocenters. The highest BCUT2D eigenvalue weighted by molar-refractivity contribution is 8.18. The molecule has 200 valence electrons. The smallest absolute Gasteiger partial charge is 0.339 e. The van der Waals surface area contributed by atoms with Crippen LogP contribution < -0.4 is 9.50 Å². The zero-order valence-electron chi connectivity index (χ0n) is 20.0. The van der Waals surface area contributed by atoms with E-state index in [1.807, 2.05) is 0 Å². The van der Waals surface area contributed by atoms with E-state index < -0.39 is 44.5 Å². The minimum absolute atomic E-state index is 0.0443. The predicted molar refractivity (Wildman–Crippen MR) is 140 cm³/mol. The number of rotatable bonds is 8. The number of nitro benzene ring substituents is 1. The number of hydrogen-bond donors (Lipinski definition) is 1. The van der Waals surface area contributed by atoms with Crippen molar-refractivity contribution in [3.05, 3.63) is 98.7 Å². The Morgan fingerprint density at radius 2 is 1.77 bits per heavy atom. The summed E-state index contributed by atoms with van der Waals surface area (Å²) >= 11 is 0.630. The van der Waals surface area contributed by atoms with Gasteiger partial charge in [0.05, 0.1) is 9.83 Å². The summed E-state index contributed by atoms with van der Waals surface area (Å²) < 4.78 is 43.3. The number of anilines is 1. The molecule has 3 aromatic rings. The number of nitrogens with zero attached hydrogens (tertiary/aromatic N) is 2. The zero-order chi connectivity index (χ0) is 28.3. The molecular formula is C25H18FN3O8S2. The van der Waals surface area contributed by atoms with Gasteiger partial charge in [-0.3, -0.25) is 29.4 Å². The van der Waals surface area contributed by atoms with Gasteiger partial charge in [0.25, 0.3) is 16.8 Å². The standard InChI is InChI=1S/C25H18FN3O8S2/c1-15-2-11-20(13-21(15)29(33)34)39(35,36)37-19-9-3-16(4-10-19)12-22-24(31)28(25(32)38-22)14-23(30)27-18-7-5-17(26)6-8-18/h2-13H,14H2,1H3,(H,27,30)/b22-12-. The predicted octanol–water partition coefficient (Wildman–Crippen LogP) is 4.49. The number of carbonyl (C=O) groups excluding carboxylic acids is 3. The number of carbonyl (C=O) groups is 3. The molecule has 0 saturated carbocycles. The van der Waals surface area contributed by atoms with Crippen molar-refractivity contribution in [2.24, 2.45) is 0 Å². The van der Waals surface area contributed by atoms with Gasteiger partial charge in [-0.2, -0.15) is 8.42 Å². The molecular weight excluding hydrogens is 553 g/mol. The fourth-order valence-electron chi connectivity index (χ4n) is 3.40. The number of imide groups is 1. The Kier molecular flexibility index (Phi) is 7.78. The number of nitrogens with one attached hydrogen (secondary N) is 1. The summed E-state index contributed by atoms with van der Waals surface area (Å²) in [5.41, 5.74) is 0.666. The van der Waals surface area contributed by atoms with Gasteiger partial charge >= 0.3 is 10.1 Å². The summed E-state index contributed by atoms with van der Waals surface area (Å²) in [6, 6.07) is 13.9. The number of amides is 3. The fraction of sp³-hybridized carbons (Fsp3) is 0.0800. The molecule has 39 heavy (non-hydrogen) atoms. The van der Waals surface area contributed by atoms with Crippen molar-refractivity contribution in [3.63, 3.8) is 0 Å². The molecule has 0 aromatic heterocycles. The highest BCUT2D eigenvalue weighted by Gasteiger charge is 2.36. The van der Waals surface area contributed by atoms with Crippen molar-refractivity contribution in [2.75, 3.05) is 11.9 Å². The maximum Gasteiger partial charge on any atom is 0.339 e. The highest BCUT2D eigenvalue weighted by atomic mass is 32.2. The quantitative estimate of drug-likeness (QED) is 0.178. The summed E-state index contributed by atoms with van der Waals surface area (Å²) in [6.45, 7) is 0.937. The molecule has 0 spiro atoms. The first-order valence-electron chi connectivity index (χ1n) is 11.0. The van der Waals surface area contributed by atoms with Gasteiger partial charge in [-0.15, -0.1) is 0 Å². The van der Waals surface area contributed by atoms with E-state index in [4.69, 9.17) is 4.18 Å². The summed E-state index contributed by atoms with van der Waals surface area (Å²) in [5.74, 6) is -1.90. The molecule has 0 aliphatic carbocycles. The van der Waals surface area contributed by atoms with E-state index in [1.54, 1.807) is 0 Å². The van der Waals surface area contributed by atoms with Crippen molar-refractivity contribution in [3.8, 4) is 5.75 Å². The van der Waals surface area contributed by atoms with Crippen LogP contribution in [0.1, 0.15) is 11.1 Å². The van der Waals surface area contributed by atoms with Crippen LogP contribution in [0, 0.1) is 22.9 Å². The molecule has 1 N–H and O–H groups in total. The summed E-state index contributed by atoms with van der Waals surface area (Å²) in [6.07, 6.45) is 1.39. The third kappa shape index (κ3) is 6.48. The Bertz CT molecular complexity index is 1620. The molecule has 1 aliphatic heterocycles. The second-order valence-electron chi connectivity index (χ2n) is 8.13. The van der Waals surface area contributed by atoms with Gasteiger partial charge < -0.3 is 9.50 Å². The first kappa shape index (κ1) is 27.5. The zero-order valence-corrected chi connectivity index (χ0v) is 21.6. The maximum atomic E-state index is 13.0. The van der Waals surface area contributed by atoms with E-state index in [2.05, 4.69) is 5.32 Å². The molecule has 0 unspecified atom stereocenters. The van der Waals surface area contributed by atoms with Crippen LogP contribution in [-0.2, 0) is 19.7 Å². The minimum atomic E-state index is -4.37. The Labute approximate surface area is 225 Å². The van der Waals surface area contributed by atoms with Crippen molar-refractivity contribution in [1.29, 1.82) is 0 Å². The van der Waals surface area contributed by atoms with Crippen LogP contribution in [0.4, 0.5) is 20.6 Å². The average Bonchev–Trinajstić information content (AvgIpc) is 3.13. The molecule has 0 bridgehead atoms. The molecule has 1 saturated heterocycles. The number of thioether (sulfide) groups is 1. The van der Waals surface area contributed by atoms with Gasteiger partial charge in [0, 0.05) is 17.3 Å². The SMILES string of the molecule is Cc1ccc(S(=O)(=O)Oc2ccc(/C=C3\SC(=O)N(CC(=O)Nc4ccc(F)cc4)C3=O)cc2)cc1[N+](=O)[O-]. The van der Waals surface area contributed by atoms with Gasteiger partial charge in [0.1, 0.15) is 23.0 Å². The Hall–Kier alpha value is -4.56. The monoisotopic (exact) mass is 571 g/mol. The lowest BCUT2D eigenvalue weighted by molar-refractivity contribution is -0.385. The highest BCUT2D eigenvalue weighted by Crippen LogP contribution is 2.32. The van der Waals surface area contributed by atoms with Crippen molar-refractivity contribution in [1.82, 2.24) is 4.90 Å². The van der Waals surface area contributed by atoms with E-state index in [1.165, 1.54) is 61.5 Å². The van der Waals surface area contributed by atoms with E-state index in [0.29, 0.717) is 28.6 Å². The van der Waals surface area contributed by atoms with Crippen LogP contribution in [0.25, 0.3) is 6.08 Å². The number of hydrogen-bond acceptors (Lipinski definition) is 9. The third-order valence-corrected chi connectivity index (χ3v) is 7.50. The van der Waals surface area contributed by atoms with Crippen molar-refractivity contribution in [2.45, 2.75) is 11.8 Å². The van der Waals surface area contributed by atoms with Crippen LogP contribution in [0.5, 0.6) is 5.75 Å². The normalized spacial score (nSPS) is 14.5. The number of nitro groups is 1. The van der Waals surface area contributed by atoms with Crippen LogP contribution in [0.15, 0.2) is 76.5 Å². The second-order valence-corrected chi connectivity index (χ2v) is 10.7. The van der Waals surface area contributed by atoms with Crippen LogP contribution in [0.3, 0.4) is 0 Å². The minimum Gasteiger partial charge on any atom is -0.379 e. The lowest BCUT2D eigenvalue weighted by Gasteiger charge is -2.12. The lowest BCUT2D eigenvalue weighted by Crippen LogP contribution is -2.36. The number of halogens is 1. The average molecular weight is 572 g/mol. The molecule has 1 aliphatic rings. The number of aryl methyl sites for hydroxylation is 1. The van der Waals surface area contributed by atoms with Gasteiger partial charge in [-0.1, -0.05) is 18.2 Å². The van der Waals surface area contributed by atoms with Crippen LogP contribution >= 0.6 is 11.8 Å². The molecule has 14 heteroatoms. The Morgan fingerprint density at radius 3 is 2.41 bits per heavy atom. The first-order valence-corrected chi connectivity index (χ1v) is 13.3.